The number of methoxy groups -OCH3 is 1. The molecule has 1 atom stereocenters. The molecule has 1 aromatic carbocycles. The van der Waals surface area contributed by atoms with Crippen LogP contribution in [0, 0.1) is 0 Å². The second kappa shape index (κ2) is 5.97. The molecule has 18 heavy (non-hydrogen) atoms. The van der Waals surface area contributed by atoms with E-state index in [0.29, 0.717) is 11.8 Å². The summed E-state index contributed by atoms with van der Waals surface area (Å²) in [5.41, 5.74) is 0. The molecular weight excluding hydrogens is 300 g/mol. The van der Waals surface area contributed by atoms with Crippen molar-refractivity contribution in [3.05, 3.63) is 40.5 Å². The van der Waals surface area contributed by atoms with E-state index in [2.05, 4.69) is 26.1 Å². The standard InChI is InChI=1S/C12H13BrN2O3/c1-8(16-2)12-15-14-11(18-12)7-17-10-5-3-9(13)4-6-10/h3-6,8H,7H2,1-2H3. The van der Waals surface area contributed by atoms with E-state index in [9.17, 15) is 0 Å². The minimum Gasteiger partial charge on any atom is -0.484 e. The maximum atomic E-state index is 5.52. The third kappa shape index (κ3) is 3.30. The Labute approximate surface area is 113 Å². The summed E-state index contributed by atoms with van der Waals surface area (Å²) in [4.78, 5) is 0. The summed E-state index contributed by atoms with van der Waals surface area (Å²) in [5.74, 6) is 1.63. The van der Waals surface area contributed by atoms with Crippen LogP contribution in [0.15, 0.2) is 33.2 Å². The van der Waals surface area contributed by atoms with Crippen molar-refractivity contribution in [1.82, 2.24) is 10.2 Å². The van der Waals surface area contributed by atoms with Crippen LogP contribution in [-0.2, 0) is 11.3 Å². The molecule has 0 aliphatic heterocycles. The third-order valence-electron chi connectivity index (χ3n) is 2.36. The molecule has 0 N–H and O–H groups in total. The average molecular weight is 313 g/mol. The van der Waals surface area contributed by atoms with Crippen molar-refractivity contribution in [2.45, 2.75) is 19.6 Å². The van der Waals surface area contributed by atoms with Crippen LogP contribution in [0.4, 0.5) is 0 Å². The van der Waals surface area contributed by atoms with E-state index in [1.165, 1.54) is 0 Å². The van der Waals surface area contributed by atoms with Crippen LogP contribution in [0.1, 0.15) is 24.8 Å². The van der Waals surface area contributed by atoms with Gasteiger partial charge in [0.1, 0.15) is 11.9 Å². The third-order valence-corrected chi connectivity index (χ3v) is 2.89. The van der Waals surface area contributed by atoms with Crippen molar-refractivity contribution < 1.29 is 13.9 Å². The highest BCUT2D eigenvalue weighted by Gasteiger charge is 2.13. The van der Waals surface area contributed by atoms with Gasteiger partial charge >= 0.3 is 0 Å². The molecule has 5 nitrogen and oxygen atoms in total. The van der Waals surface area contributed by atoms with Crippen molar-refractivity contribution in [2.75, 3.05) is 7.11 Å². The summed E-state index contributed by atoms with van der Waals surface area (Å²) in [6.45, 7) is 2.08. The van der Waals surface area contributed by atoms with Gasteiger partial charge in [-0.2, -0.15) is 0 Å². The lowest BCUT2D eigenvalue weighted by Gasteiger charge is -2.03. The Morgan fingerprint density at radius 1 is 1.28 bits per heavy atom. The number of halogens is 1. The quantitative estimate of drug-likeness (QED) is 0.849. The number of ether oxygens (including phenoxy) is 2. The first-order valence-corrected chi connectivity index (χ1v) is 6.22. The Hall–Kier alpha value is -1.40. The van der Waals surface area contributed by atoms with E-state index in [1.807, 2.05) is 31.2 Å². The van der Waals surface area contributed by atoms with E-state index in [-0.39, 0.29) is 12.7 Å². The fraction of sp³-hybridized carbons (Fsp3) is 0.333. The van der Waals surface area contributed by atoms with Gasteiger partial charge in [-0.05, 0) is 31.2 Å². The fourth-order valence-electron chi connectivity index (χ4n) is 1.27. The van der Waals surface area contributed by atoms with Crippen molar-refractivity contribution in [1.29, 1.82) is 0 Å². The molecule has 0 bridgehead atoms. The first-order chi connectivity index (χ1) is 8.69. The number of hydrogen-bond donors (Lipinski definition) is 0. The number of hydrogen-bond acceptors (Lipinski definition) is 5. The molecule has 0 aliphatic carbocycles. The van der Waals surface area contributed by atoms with Gasteiger partial charge in [-0.25, -0.2) is 0 Å². The Balaban J connectivity index is 1.94. The van der Waals surface area contributed by atoms with Gasteiger partial charge in [0.25, 0.3) is 5.89 Å². The Morgan fingerprint density at radius 3 is 2.67 bits per heavy atom. The second-order valence-electron chi connectivity index (χ2n) is 3.65. The highest BCUT2D eigenvalue weighted by Crippen LogP contribution is 2.18. The Kier molecular flexibility index (Phi) is 4.33. The molecule has 0 saturated heterocycles. The Bertz CT molecular complexity index is 498. The summed E-state index contributed by atoms with van der Waals surface area (Å²) >= 11 is 3.36. The first-order valence-electron chi connectivity index (χ1n) is 5.42. The molecule has 1 aromatic heterocycles. The summed E-state index contributed by atoms with van der Waals surface area (Å²) in [5, 5.41) is 7.77. The zero-order valence-electron chi connectivity index (χ0n) is 10.1. The van der Waals surface area contributed by atoms with E-state index in [0.717, 1.165) is 10.2 Å². The predicted molar refractivity (Wildman–Crippen MR) is 68.2 cm³/mol. The van der Waals surface area contributed by atoms with Gasteiger partial charge in [-0.1, -0.05) is 15.9 Å². The van der Waals surface area contributed by atoms with Crippen molar-refractivity contribution >= 4 is 15.9 Å². The molecule has 0 spiro atoms. The second-order valence-corrected chi connectivity index (χ2v) is 4.57. The molecule has 1 unspecified atom stereocenters. The fourth-order valence-corrected chi connectivity index (χ4v) is 1.53. The molecule has 0 amide bonds. The molecule has 2 aromatic rings. The average Bonchev–Trinajstić information content (AvgIpc) is 2.86. The molecule has 0 radical (unpaired) electrons. The highest BCUT2D eigenvalue weighted by molar-refractivity contribution is 9.10. The zero-order chi connectivity index (χ0) is 13.0. The van der Waals surface area contributed by atoms with Gasteiger partial charge < -0.3 is 13.9 Å². The van der Waals surface area contributed by atoms with Gasteiger partial charge in [0.15, 0.2) is 6.61 Å². The maximum absolute atomic E-state index is 5.52. The van der Waals surface area contributed by atoms with Gasteiger partial charge in [-0.3, -0.25) is 0 Å². The van der Waals surface area contributed by atoms with Crippen LogP contribution in [-0.4, -0.2) is 17.3 Å². The van der Waals surface area contributed by atoms with E-state index < -0.39 is 0 Å². The molecule has 0 fully saturated rings. The number of rotatable bonds is 5. The monoisotopic (exact) mass is 312 g/mol. The molecular formula is C12H13BrN2O3. The zero-order valence-corrected chi connectivity index (χ0v) is 11.7. The summed E-state index contributed by atoms with van der Waals surface area (Å²) < 4.78 is 17.0. The van der Waals surface area contributed by atoms with Gasteiger partial charge in [0, 0.05) is 11.6 Å². The molecule has 1 heterocycles. The molecule has 0 aliphatic rings. The minimum atomic E-state index is -0.209. The predicted octanol–water partition coefficient (Wildman–Crippen LogP) is 3.12. The van der Waals surface area contributed by atoms with Gasteiger partial charge in [0.05, 0.1) is 0 Å². The lowest BCUT2D eigenvalue weighted by molar-refractivity contribution is 0.0919. The number of nitrogens with zero attached hydrogens (tertiary/aromatic N) is 2. The summed E-state index contributed by atoms with van der Waals surface area (Å²) in [6, 6.07) is 7.53. The molecule has 6 heteroatoms. The van der Waals surface area contributed by atoms with Crippen LogP contribution >= 0.6 is 15.9 Å². The van der Waals surface area contributed by atoms with E-state index >= 15 is 0 Å². The summed E-state index contributed by atoms with van der Waals surface area (Å²) in [6.07, 6.45) is -0.209. The topological polar surface area (TPSA) is 57.4 Å². The lowest BCUT2D eigenvalue weighted by Crippen LogP contribution is -1.96. The van der Waals surface area contributed by atoms with Crippen molar-refractivity contribution in [3.63, 3.8) is 0 Å². The Morgan fingerprint density at radius 2 is 2.00 bits per heavy atom. The van der Waals surface area contributed by atoms with Gasteiger partial charge in [0.2, 0.25) is 5.89 Å². The van der Waals surface area contributed by atoms with Crippen molar-refractivity contribution in [2.24, 2.45) is 0 Å². The van der Waals surface area contributed by atoms with Crippen LogP contribution in [0.5, 0.6) is 5.75 Å². The SMILES string of the molecule is COC(C)c1nnc(COc2ccc(Br)cc2)o1. The van der Waals surface area contributed by atoms with Crippen LogP contribution in [0.3, 0.4) is 0 Å². The number of aromatic nitrogens is 2. The molecule has 0 saturated carbocycles. The lowest BCUT2D eigenvalue weighted by atomic mass is 10.3. The minimum absolute atomic E-state index is 0.209. The summed E-state index contributed by atoms with van der Waals surface area (Å²) in [7, 11) is 1.59. The van der Waals surface area contributed by atoms with E-state index in [4.69, 9.17) is 13.9 Å². The smallest absolute Gasteiger partial charge is 0.254 e. The molecule has 96 valence electrons. The number of benzene rings is 1. The van der Waals surface area contributed by atoms with Gasteiger partial charge in [-0.15, -0.1) is 10.2 Å². The highest BCUT2D eigenvalue weighted by atomic mass is 79.9. The first kappa shape index (κ1) is 13.0. The van der Waals surface area contributed by atoms with Crippen LogP contribution < -0.4 is 4.74 Å². The van der Waals surface area contributed by atoms with Crippen molar-refractivity contribution in [3.8, 4) is 5.75 Å². The largest absolute Gasteiger partial charge is 0.484 e. The molecule has 2 rings (SSSR count). The van der Waals surface area contributed by atoms with E-state index in [1.54, 1.807) is 7.11 Å². The van der Waals surface area contributed by atoms with Crippen LogP contribution in [0.2, 0.25) is 0 Å². The van der Waals surface area contributed by atoms with Crippen LogP contribution in [0.25, 0.3) is 0 Å². The maximum Gasteiger partial charge on any atom is 0.254 e. The normalized spacial score (nSPS) is 12.4.